The zero-order valence-corrected chi connectivity index (χ0v) is 13.8. The molecule has 0 N–H and O–H groups in total. The summed E-state index contributed by atoms with van der Waals surface area (Å²) in [6, 6.07) is 12.4. The molecule has 0 unspecified atom stereocenters. The van der Waals surface area contributed by atoms with Crippen molar-refractivity contribution in [1.82, 2.24) is 4.90 Å². The van der Waals surface area contributed by atoms with Crippen LogP contribution in [0.1, 0.15) is 34.5 Å². The molecule has 2 aromatic rings. The zero-order valence-electron chi connectivity index (χ0n) is 13.0. The molecule has 22 heavy (non-hydrogen) atoms. The Labute approximate surface area is 136 Å². The van der Waals surface area contributed by atoms with E-state index >= 15 is 0 Å². The molecule has 1 aliphatic rings. The van der Waals surface area contributed by atoms with E-state index in [1.54, 1.807) is 4.90 Å². The number of benzene rings is 1. The van der Waals surface area contributed by atoms with E-state index in [4.69, 9.17) is 0 Å². The Morgan fingerprint density at radius 1 is 1.14 bits per heavy atom. The first-order valence-electron chi connectivity index (χ1n) is 7.87. The number of hydrogen-bond acceptors (Lipinski definition) is 3. The minimum atomic E-state index is 0.0927. The van der Waals surface area contributed by atoms with Crippen LogP contribution in [0.5, 0.6) is 0 Å². The van der Waals surface area contributed by atoms with Crippen LogP contribution < -0.4 is 4.90 Å². The minimum absolute atomic E-state index is 0.0927. The summed E-state index contributed by atoms with van der Waals surface area (Å²) in [7, 11) is 1.86. The SMILES string of the molecule is CN(Cc1ccc(N2CCCCC2)cc1)C(=O)c1cccs1. The second kappa shape index (κ2) is 6.97. The molecule has 3 nitrogen and oxygen atoms in total. The van der Waals surface area contributed by atoms with Gasteiger partial charge in [-0.1, -0.05) is 18.2 Å². The quantitative estimate of drug-likeness (QED) is 0.851. The Hall–Kier alpha value is -1.81. The van der Waals surface area contributed by atoms with Gasteiger partial charge in [0.2, 0.25) is 0 Å². The third-order valence-corrected chi connectivity index (χ3v) is 5.01. The van der Waals surface area contributed by atoms with Gasteiger partial charge in [-0.05, 0) is 48.4 Å². The minimum Gasteiger partial charge on any atom is -0.372 e. The van der Waals surface area contributed by atoms with Gasteiger partial charge in [-0.2, -0.15) is 0 Å². The van der Waals surface area contributed by atoms with Crippen molar-refractivity contribution in [3.63, 3.8) is 0 Å². The monoisotopic (exact) mass is 314 g/mol. The van der Waals surface area contributed by atoms with E-state index in [0.717, 1.165) is 18.0 Å². The lowest BCUT2D eigenvalue weighted by molar-refractivity contribution is 0.0790. The topological polar surface area (TPSA) is 23.6 Å². The number of piperidine rings is 1. The maximum atomic E-state index is 12.3. The number of thiophene rings is 1. The molecule has 1 aliphatic heterocycles. The van der Waals surface area contributed by atoms with Gasteiger partial charge >= 0.3 is 0 Å². The van der Waals surface area contributed by atoms with E-state index in [9.17, 15) is 4.79 Å². The van der Waals surface area contributed by atoms with E-state index in [2.05, 4.69) is 29.2 Å². The molecule has 1 amide bonds. The van der Waals surface area contributed by atoms with E-state index < -0.39 is 0 Å². The van der Waals surface area contributed by atoms with Crippen molar-refractivity contribution in [2.45, 2.75) is 25.8 Å². The fourth-order valence-corrected chi connectivity index (χ4v) is 3.62. The Morgan fingerprint density at radius 2 is 1.86 bits per heavy atom. The first-order valence-corrected chi connectivity index (χ1v) is 8.75. The van der Waals surface area contributed by atoms with Gasteiger partial charge in [0.1, 0.15) is 0 Å². The Kier molecular flexibility index (Phi) is 4.78. The molecule has 2 heterocycles. The molecule has 0 radical (unpaired) electrons. The molecule has 0 bridgehead atoms. The van der Waals surface area contributed by atoms with E-state index in [1.807, 2.05) is 24.6 Å². The molecule has 0 spiro atoms. The van der Waals surface area contributed by atoms with Crippen LogP contribution in [0.25, 0.3) is 0 Å². The van der Waals surface area contributed by atoms with Gasteiger partial charge in [0.15, 0.2) is 0 Å². The predicted molar refractivity (Wildman–Crippen MR) is 92.6 cm³/mol. The summed E-state index contributed by atoms with van der Waals surface area (Å²) >= 11 is 1.49. The largest absolute Gasteiger partial charge is 0.372 e. The Morgan fingerprint density at radius 3 is 2.50 bits per heavy atom. The van der Waals surface area contributed by atoms with Gasteiger partial charge in [0.25, 0.3) is 5.91 Å². The highest BCUT2D eigenvalue weighted by atomic mass is 32.1. The second-order valence-corrected chi connectivity index (χ2v) is 6.80. The summed E-state index contributed by atoms with van der Waals surface area (Å²) in [5, 5.41) is 1.94. The van der Waals surface area contributed by atoms with E-state index in [0.29, 0.717) is 6.54 Å². The van der Waals surface area contributed by atoms with Crippen LogP contribution in [0.2, 0.25) is 0 Å². The molecule has 116 valence electrons. The van der Waals surface area contributed by atoms with Gasteiger partial charge < -0.3 is 9.80 Å². The molecular weight excluding hydrogens is 292 g/mol. The van der Waals surface area contributed by atoms with Crippen LogP contribution in [-0.4, -0.2) is 30.9 Å². The van der Waals surface area contributed by atoms with Crippen LogP contribution >= 0.6 is 11.3 Å². The molecule has 3 rings (SSSR count). The normalized spacial score (nSPS) is 14.9. The van der Waals surface area contributed by atoms with Crippen molar-refractivity contribution in [3.05, 3.63) is 52.2 Å². The van der Waals surface area contributed by atoms with Crippen LogP contribution in [0.15, 0.2) is 41.8 Å². The molecule has 0 aliphatic carbocycles. The lowest BCUT2D eigenvalue weighted by atomic mass is 10.1. The fourth-order valence-electron chi connectivity index (χ4n) is 2.90. The number of rotatable bonds is 4. The highest BCUT2D eigenvalue weighted by Gasteiger charge is 2.14. The van der Waals surface area contributed by atoms with E-state index in [-0.39, 0.29) is 5.91 Å². The molecular formula is C18H22N2OS. The number of carbonyl (C=O) groups excluding carboxylic acids is 1. The van der Waals surface area contributed by atoms with Crippen LogP contribution in [0, 0.1) is 0 Å². The van der Waals surface area contributed by atoms with Crippen molar-refractivity contribution in [2.24, 2.45) is 0 Å². The number of amides is 1. The lowest BCUT2D eigenvalue weighted by Crippen LogP contribution is -2.29. The van der Waals surface area contributed by atoms with Gasteiger partial charge in [-0.25, -0.2) is 0 Å². The maximum absolute atomic E-state index is 12.3. The van der Waals surface area contributed by atoms with Crippen LogP contribution in [-0.2, 0) is 6.54 Å². The summed E-state index contributed by atoms with van der Waals surface area (Å²) in [5.41, 5.74) is 2.48. The molecule has 0 saturated carbocycles. The average Bonchev–Trinajstić information content (AvgIpc) is 3.10. The summed E-state index contributed by atoms with van der Waals surface area (Å²) in [6.07, 6.45) is 3.93. The maximum Gasteiger partial charge on any atom is 0.263 e. The van der Waals surface area contributed by atoms with Crippen molar-refractivity contribution in [1.29, 1.82) is 0 Å². The van der Waals surface area contributed by atoms with Crippen molar-refractivity contribution in [2.75, 3.05) is 25.0 Å². The molecule has 1 aromatic heterocycles. The first-order chi connectivity index (χ1) is 10.7. The molecule has 1 saturated heterocycles. The second-order valence-electron chi connectivity index (χ2n) is 5.85. The molecule has 1 fully saturated rings. The number of nitrogens with zero attached hydrogens (tertiary/aromatic N) is 2. The van der Waals surface area contributed by atoms with Gasteiger partial charge in [0.05, 0.1) is 4.88 Å². The Bertz CT molecular complexity index is 601. The standard InChI is InChI=1S/C18H22N2OS/c1-19(18(21)17-6-5-13-22-17)14-15-7-9-16(10-8-15)20-11-3-2-4-12-20/h5-10,13H,2-4,11-12,14H2,1H3. The molecule has 4 heteroatoms. The molecule has 0 atom stereocenters. The highest BCUT2D eigenvalue weighted by molar-refractivity contribution is 7.12. The molecule has 1 aromatic carbocycles. The smallest absolute Gasteiger partial charge is 0.263 e. The van der Waals surface area contributed by atoms with Gasteiger partial charge in [-0.3, -0.25) is 4.79 Å². The zero-order chi connectivity index (χ0) is 15.4. The number of anilines is 1. The first kappa shape index (κ1) is 15.1. The Balaban J connectivity index is 1.62. The summed E-state index contributed by atoms with van der Waals surface area (Å²) < 4.78 is 0. The van der Waals surface area contributed by atoms with Crippen LogP contribution in [0.3, 0.4) is 0 Å². The van der Waals surface area contributed by atoms with Crippen molar-refractivity contribution >= 4 is 22.9 Å². The lowest BCUT2D eigenvalue weighted by Gasteiger charge is -2.29. The van der Waals surface area contributed by atoms with E-state index in [1.165, 1.54) is 41.9 Å². The highest BCUT2D eigenvalue weighted by Crippen LogP contribution is 2.21. The number of hydrogen-bond donors (Lipinski definition) is 0. The van der Waals surface area contributed by atoms with Gasteiger partial charge in [-0.15, -0.1) is 11.3 Å². The van der Waals surface area contributed by atoms with Crippen LogP contribution in [0.4, 0.5) is 5.69 Å². The predicted octanol–water partition coefficient (Wildman–Crippen LogP) is 4.01. The van der Waals surface area contributed by atoms with Crippen molar-refractivity contribution < 1.29 is 4.79 Å². The van der Waals surface area contributed by atoms with Gasteiger partial charge in [0, 0.05) is 32.4 Å². The summed E-state index contributed by atoms with van der Waals surface area (Å²) in [5.74, 6) is 0.0927. The fraction of sp³-hybridized carbons (Fsp3) is 0.389. The third kappa shape index (κ3) is 3.50. The number of carbonyl (C=O) groups is 1. The third-order valence-electron chi connectivity index (χ3n) is 4.16. The average molecular weight is 314 g/mol. The summed E-state index contributed by atoms with van der Waals surface area (Å²) in [6.45, 7) is 2.98. The van der Waals surface area contributed by atoms with Crippen molar-refractivity contribution in [3.8, 4) is 0 Å². The summed E-state index contributed by atoms with van der Waals surface area (Å²) in [4.78, 5) is 17.3.